The molecule has 0 spiro atoms. The van der Waals surface area contributed by atoms with E-state index in [1.165, 1.54) is 0 Å². The lowest BCUT2D eigenvalue weighted by Crippen LogP contribution is -2.40. The first-order chi connectivity index (χ1) is 8.78. The van der Waals surface area contributed by atoms with Gasteiger partial charge in [0, 0.05) is 18.9 Å². The van der Waals surface area contributed by atoms with Gasteiger partial charge in [-0.1, -0.05) is 27.2 Å². The van der Waals surface area contributed by atoms with Crippen molar-refractivity contribution in [2.45, 2.75) is 52.6 Å². The molecule has 110 valence electrons. The molecule has 5 heteroatoms. The molecule has 0 aliphatic heterocycles. The fourth-order valence-corrected chi connectivity index (χ4v) is 2.29. The van der Waals surface area contributed by atoms with Crippen molar-refractivity contribution in [2.75, 3.05) is 13.1 Å². The summed E-state index contributed by atoms with van der Waals surface area (Å²) in [5.74, 6) is -0.140. The number of nitrogens with one attached hydrogen (secondary N) is 2. The van der Waals surface area contributed by atoms with Crippen LogP contribution in [0.3, 0.4) is 0 Å². The fourth-order valence-electron chi connectivity index (χ4n) is 2.29. The minimum absolute atomic E-state index is 0.0116. The molecular weight excluding hydrogens is 244 g/mol. The summed E-state index contributed by atoms with van der Waals surface area (Å²) in [6.45, 7) is 6.45. The van der Waals surface area contributed by atoms with Crippen LogP contribution in [0.25, 0.3) is 0 Å². The van der Waals surface area contributed by atoms with Crippen molar-refractivity contribution in [3.05, 3.63) is 0 Å². The lowest BCUT2D eigenvalue weighted by atomic mass is 9.92. The third kappa shape index (κ3) is 6.57. The van der Waals surface area contributed by atoms with E-state index in [2.05, 4.69) is 10.6 Å². The molecule has 0 bridgehead atoms. The van der Waals surface area contributed by atoms with Crippen LogP contribution < -0.4 is 10.6 Å². The van der Waals surface area contributed by atoms with Gasteiger partial charge >= 0.3 is 0 Å². The Kier molecular flexibility index (Phi) is 5.79. The summed E-state index contributed by atoms with van der Waals surface area (Å²) in [5, 5.41) is 15.0. The quantitative estimate of drug-likeness (QED) is 0.692. The standard InChI is InChI=1S/C14H26N2O3/c1-14(2,3)7-12(18)16-9-13(19)15-8-10-5-4-6-11(10)17/h10-11,17H,4-9H2,1-3H3,(H,15,19)(H,16,18). The Morgan fingerprint density at radius 3 is 2.37 bits per heavy atom. The van der Waals surface area contributed by atoms with Crippen LogP contribution in [-0.2, 0) is 9.59 Å². The molecule has 1 rings (SSSR count). The first-order valence-corrected chi connectivity index (χ1v) is 6.99. The summed E-state index contributed by atoms with van der Waals surface area (Å²) >= 11 is 0. The average Bonchev–Trinajstić information content (AvgIpc) is 2.67. The van der Waals surface area contributed by atoms with E-state index < -0.39 is 0 Å². The van der Waals surface area contributed by atoms with Gasteiger partial charge in [-0.25, -0.2) is 0 Å². The van der Waals surface area contributed by atoms with E-state index in [0.717, 1.165) is 19.3 Å². The van der Waals surface area contributed by atoms with E-state index in [1.54, 1.807) is 0 Å². The number of carbonyl (C=O) groups is 2. The SMILES string of the molecule is CC(C)(C)CC(=O)NCC(=O)NCC1CCCC1O. The molecule has 0 aromatic carbocycles. The van der Waals surface area contributed by atoms with Crippen LogP contribution in [0.5, 0.6) is 0 Å². The predicted molar refractivity (Wildman–Crippen MR) is 73.4 cm³/mol. The van der Waals surface area contributed by atoms with Gasteiger partial charge in [-0.05, 0) is 18.3 Å². The van der Waals surface area contributed by atoms with Crippen molar-refractivity contribution >= 4 is 11.8 Å². The summed E-state index contributed by atoms with van der Waals surface area (Å²) in [6, 6.07) is 0. The monoisotopic (exact) mass is 270 g/mol. The van der Waals surface area contributed by atoms with Crippen LogP contribution in [0, 0.1) is 11.3 Å². The maximum atomic E-state index is 11.6. The zero-order chi connectivity index (χ0) is 14.5. The molecule has 1 fully saturated rings. The molecule has 1 aliphatic rings. The van der Waals surface area contributed by atoms with Gasteiger partial charge in [-0.2, -0.15) is 0 Å². The molecule has 2 atom stereocenters. The predicted octanol–water partition coefficient (Wildman–Crippen LogP) is 0.816. The van der Waals surface area contributed by atoms with Crippen LogP contribution in [0.4, 0.5) is 0 Å². The van der Waals surface area contributed by atoms with Crippen molar-refractivity contribution in [3.8, 4) is 0 Å². The molecule has 0 radical (unpaired) electrons. The largest absolute Gasteiger partial charge is 0.393 e. The third-order valence-corrected chi connectivity index (χ3v) is 3.32. The molecule has 3 N–H and O–H groups in total. The second-order valence-corrected chi connectivity index (χ2v) is 6.58. The molecule has 1 aliphatic carbocycles. The summed E-state index contributed by atoms with van der Waals surface area (Å²) in [4.78, 5) is 23.1. The second-order valence-electron chi connectivity index (χ2n) is 6.58. The van der Waals surface area contributed by atoms with Crippen molar-refractivity contribution < 1.29 is 14.7 Å². The molecule has 1 saturated carbocycles. The van der Waals surface area contributed by atoms with Gasteiger partial charge in [0.15, 0.2) is 0 Å². The van der Waals surface area contributed by atoms with Gasteiger partial charge in [0.25, 0.3) is 0 Å². The van der Waals surface area contributed by atoms with E-state index >= 15 is 0 Å². The van der Waals surface area contributed by atoms with Crippen molar-refractivity contribution in [2.24, 2.45) is 11.3 Å². The fraction of sp³-hybridized carbons (Fsp3) is 0.857. The number of rotatable bonds is 5. The van der Waals surface area contributed by atoms with Gasteiger partial charge in [0.2, 0.25) is 11.8 Å². The van der Waals surface area contributed by atoms with Gasteiger partial charge < -0.3 is 15.7 Å². The second kappa shape index (κ2) is 6.89. The Balaban J connectivity index is 2.16. The molecule has 0 saturated heterocycles. The molecule has 0 heterocycles. The minimum atomic E-state index is -0.296. The number of amides is 2. The first kappa shape index (κ1) is 16.0. The molecule has 19 heavy (non-hydrogen) atoms. The first-order valence-electron chi connectivity index (χ1n) is 6.99. The molecular formula is C14H26N2O3. The number of aliphatic hydroxyl groups excluding tert-OH is 1. The van der Waals surface area contributed by atoms with E-state index in [-0.39, 0.29) is 35.8 Å². The normalized spacial score (nSPS) is 23.2. The highest BCUT2D eigenvalue weighted by atomic mass is 16.3. The highest BCUT2D eigenvalue weighted by Crippen LogP contribution is 2.24. The van der Waals surface area contributed by atoms with Crippen LogP contribution in [0.15, 0.2) is 0 Å². The topological polar surface area (TPSA) is 78.4 Å². The number of carbonyl (C=O) groups excluding carboxylic acids is 2. The Labute approximate surface area is 115 Å². The molecule has 2 amide bonds. The summed E-state index contributed by atoms with van der Waals surface area (Å²) in [6.07, 6.45) is 2.91. The zero-order valence-corrected chi connectivity index (χ0v) is 12.2. The van der Waals surface area contributed by atoms with E-state index in [4.69, 9.17) is 0 Å². The Bertz CT molecular complexity index is 323. The van der Waals surface area contributed by atoms with Crippen molar-refractivity contribution in [3.63, 3.8) is 0 Å². The summed E-state index contributed by atoms with van der Waals surface area (Å²) in [5.41, 5.74) is -0.0749. The number of hydrogen-bond donors (Lipinski definition) is 3. The third-order valence-electron chi connectivity index (χ3n) is 3.32. The van der Waals surface area contributed by atoms with Crippen LogP contribution in [0.2, 0.25) is 0 Å². The number of aliphatic hydroxyl groups is 1. The molecule has 0 aromatic rings. The maximum Gasteiger partial charge on any atom is 0.239 e. The lowest BCUT2D eigenvalue weighted by molar-refractivity contribution is -0.127. The van der Waals surface area contributed by atoms with Crippen LogP contribution in [-0.4, -0.2) is 36.1 Å². The van der Waals surface area contributed by atoms with Crippen molar-refractivity contribution in [1.29, 1.82) is 0 Å². The smallest absolute Gasteiger partial charge is 0.239 e. The Morgan fingerprint density at radius 1 is 1.16 bits per heavy atom. The average molecular weight is 270 g/mol. The van der Waals surface area contributed by atoms with Crippen molar-refractivity contribution in [1.82, 2.24) is 10.6 Å². The van der Waals surface area contributed by atoms with Gasteiger partial charge in [-0.15, -0.1) is 0 Å². The Morgan fingerprint density at radius 2 is 1.84 bits per heavy atom. The highest BCUT2D eigenvalue weighted by Gasteiger charge is 2.25. The zero-order valence-electron chi connectivity index (χ0n) is 12.2. The van der Waals surface area contributed by atoms with E-state index in [0.29, 0.717) is 13.0 Å². The van der Waals surface area contributed by atoms with Crippen LogP contribution in [0.1, 0.15) is 46.5 Å². The van der Waals surface area contributed by atoms with E-state index in [9.17, 15) is 14.7 Å². The van der Waals surface area contributed by atoms with Gasteiger partial charge in [-0.3, -0.25) is 9.59 Å². The molecule has 0 aromatic heterocycles. The highest BCUT2D eigenvalue weighted by molar-refractivity contribution is 5.84. The molecule has 2 unspecified atom stereocenters. The van der Waals surface area contributed by atoms with Crippen LogP contribution >= 0.6 is 0 Å². The van der Waals surface area contributed by atoms with E-state index in [1.807, 2.05) is 20.8 Å². The Hall–Kier alpha value is -1.10. The van der Waals surface area contributed by atoms with Gasteiger partial charge in [0.1, 0.15) is 0 Å². The summed E-state index contributed by atoms with van der Waals surface area (Å²) in [7, 11) is 0. The summed E-state index contributed by atoms with van der Waals surface area (Å²) < 4.78 is 0. The minimum Gasteiger partial charge on any atom is -0.393 e. The maximum absolute atomic E-state index is 11.6. The van der Waals surface area contributed by atoms with Gasteiger partial charge in [0.05, 0.1) is 12.6 Å². The lowest BCUT2D eigenvalue weighted by Gasteiger charge is -2.18. The number of hydrogen-bond acceptors (Lipinski definition) is 3. The molecule has 5 nitrogen and oxygen atoms in total.